The minimum Gasteiger partial charge on any atom is -0.480 e. The Morgan fingerprint density at radius 3 is 2.73 bits per heavy atom. The molecule has 0 aliphatic heterocycles. The zero-order valence-corrected chi connectivity index (χ0v) is 10.5. The van der Waals surface area contributed by atoms with Gasteiger partial charge in [-0.15, -0.1) is 11.3 Å². The van der Waals surface area contributed by atoms with E-state index in [4.69, 9.17) is 16.7 Å². The van der Waals surface area contributed by atoms with Crippen molar-refractivity contribution in [2.24, 2.45) is 0 Å². The van der Waals surface area contributed by atoms with Crippen molar-refractivity contribution in [2.75, 3.05) is 0 Å². The highest BCUT2D eigenvalue weighted by atomic mass is 35.5. The van der Waals surface area contributed by atoms with Gasteiger partial charge in [0.25, 0.3) is 0 Å². The van der Waals surface area contributed by atoms with Crippen LogP contribution in [0.15, 0.2) is 12.1 Å². The van der Waals surface area contributed by atoms with Crippen LogP contribution < -0.4 is 0 Å². The van der Waals surface area contributed by atoms with Gasteiger partial charge in [0.05, 0.1) is 10.1 Å². The molecule has 0 aliphatic carbocycles. The van der Waals surface area contributed by atoms with Crippen molar-refractivity contribution in [3.05, 3.63) is 21.3 Å². The molecule has 0 aromatic carbocycles. The molecule has 1 heterocycles. The molecule has 15 heavy (non-hydrogen) atoms. The van der Waals surface area contributed by atoms with E-state index in [1.54, 1.807) is 19.1 Å². The molecule has 0 amide bonds. The SMILES string of the molecule is CCC(C(=O)O)S(=O)Cc1ccc(Cl)s1. The van der Waals surface area contributed by atoms with E-state index in [2.05, 4.69) is 0 Å². The van der Waals surface area contributed by atoms with Gasteiger partial charge in [-0.05, 0) is 18.6 Å². The van der Waals surface area contributed by atoms with Crippen LogP contribution in [0, 0.1) is 0 Å². The third-order valence-electron chi connectivity index (χ3n) is 1.88. The van der Waals surface area contributed by atoms with Gasteiger partial charge < -0.3 is 5.11 Å². The van der Waals surface area contributed by atoms with E-state index in [0.717, 1.165) is 4.88 Å². The summed E-state index contributed by atoms with van der Waals surface area (Å²) in [6.45, 7) is 1.72. The summed E-state index contributed by atoms with van der Waals surface area (Å²) in [5.41, 5.74) is 0. The Bertz CT molecular complexity index is 375. The Labute approximate surface area is 99.5 Å². The quantitative estimate of drug-likeness (QED) is 0.891. The van der Waals surface area contributed by atoms with E-state index < -0.39 is 22.0 Å². The number of halogens is 1. The minimum atomic E-state index is -1.37. The first-order chi connectivity index (χ1) is 7.04. The van der Waals surface area contributed by atoms with Gasteiger partial charge in [0.2, 0.25) is 0 Å². The van der Waals surface area contributed by atoms with Crippen molar-refractivity contribution in [1.29, 1.82) is 0 Å². The normalized spacial score (nSPS) is 14.8. The lowest BCUT2D eigenvalue weighted by molar-refractivity contribution is -0.136. The first-order valence-electron chi connectivity index (χ1n) is 4.38. The van der Waals surface area contributed by atoms with Crippen LogP contribution in [0.5, 0.6) is 0 Å². The molecule has 2 unspecified atom stereocenters. The maximum Gasteiger partial charge on any atom is 0.319 e. The number of carboxylic acids is 1. The molecule has 0 spiro atoms. The van der Waals surface area contributed by atoms with E-state index in [0.29, 0.717) is 10.8 Å². The summed E-state index contributed by atoms with van der Waals surface area (Å²) in [6.07, 6.45) is 0.376. The van der Waals surface area contributed by atoms with Gasteiger partial charge in [-0.25, -0.2) is 0 Å². The van der Waals surface area contributed by atoms with Gasteiger partial charge in [0.15, 0.2) is 0 Å². The van der Waals surface area contributed by atoms with Gasteiger partial charge in [0.1, 0.15) is 5.25 Å². The monoisotopic (exact) mass is 266 g/mol. The second kappa shape index (κ2) is 5.63. The van der Waals surface area contributed by atoms with Crippen LogP contribution in [-0.2, 0) is 21.3 Å². The van der Waals surface area contributed by atoms with Crippen LogP contribution in [0.3, 0.4) is 0 Å². The molecule has 0 bridgehead atoms. The Balaban J connectivity index is 2.66. The van der Waals surface area contributed by atoms with Crippen LogP contribution in [0.1, 0.15) is 18.2 Å². The highest BCUT2D eigenvalue weighted by Crippen LogP contribution is 2.23. The maximum absolute atomic E-state index is 11.7. The molecule has 3 nitrogen and oxygen atoms in total. The molecular weight excluding hydrogens is 256 g/mol. The summed E-state index contributed by atoms with van der Waals surface area (Å²) in [4.78, 5) is 11.6. The molecule has 1 N–H and O–H groups in total. The molecule has 0 aliphatic rings. The van der Waals surface area contributed by atoms with E-state index in [1.165, 1.54) is 11.3 Å². The fraction of sp³-hybridized carbons (Fsp3) is 0.444. The van der Waals surface area contributed by atoms with E-state index in [-0.39, 0.29) is 5.75 Å². The van der Waals surface area contributed by atoms with Gasteiger partial charge in [-0.3, -0.25) is 9.00 Å². The summed E-state index contributed by atoms with van der Waals surface area (Å²) >= 11 is 7.06. The third kappa shape index (κ3) is 3.59. The zero-order chi connectivity index (χ0) is 11.4. The summed E-state index contributed by atoms with van der Waals surface area (Å²) in [6, 6.07) is 3.50. The van der Waals surface area contributed by atoms with E-state index >= 15 is 0 Å². The lowest BCUT2D eigenvalue weighted by Gasteiger charge is -2.08. The molecule has 0 radical (unpaired) electrons. The standard InChI is InChI=1S/C9H11ClO3S2/c1-2-7(9(11)12)15(13)5-6-3-4-8(10)14-6/h3-4,7H,2,5H2,1H3,(H,11,12). The van der Waals surface area contributed by atoms with Crippen molar-refractivity contribution in [3.8, 4) is 0 Å². The van der Waals surface area contributed by atoms with Crippen molar-refractivity contribution in [1.82, 2.24) is 0 Å². The predicted octanol–water partition coefficient (Wildman–Crippen LogP) is 2.51. The van der Waals surface area contributed by atoms with Crippen molar-refractivity contribution >= 4 is 39.7 Å². The Hall–Kier alpha value is -0.390. The van der Waals surface area contributed by atoms with Crippen LogP contribution in [0.4, 0.5) is 0 Å². The third-order valence-corrected chi connectivity index (χ3v) is 5.06. The molecule has 2 atom stereocenters. The second-order valence-corrected chi connectivity index (χ2v) is 6.38. The fourth-order valence-electron chi connectivity index (χ4n) is 1.14. The van der Waals surface area contributed by atoms with Gasteiger partial charge in [-0.2, -0.15) is 0 Å². The predicted molar refractivity (Wildman–Crippen MR) is 62.9 cm³/mol. The molecule has 0 saturated carbocycles. The highest BCUT2D eigenvalue weighted by molar-refractivity contribution is 7.85. The lowest BCUT2D eigenvalue weighted by Crippen LogP contribution is -2.25. The Kier molecular flexibility index (Phi) is 4.76. The lowest BCUT2D eigenvalue weighted by atomic mass is 10.3. The van der Waals surface area contributed by atoms with Gasteiger partial charge in [-0.1, -0.05) is 18.5 Å². The first-order valence-corrected chi connectivity index (χ1v) is 6.96. The smallest absolute Gasteiger partial charge is 0.319 e. The summed E-state index contributed by atoms with van der Waals surface area (Å²) in [5, 5.41) is 8.02. The number of thiophene rings is 1. The first kappa shape index (κ1) is 12.7. The van der Waals surface area contributed by atoms with Crippen LogP contribution in [0.25, 0.3) is 0 Å². The highest BCUT2D eigenvalue weighted by Gasteiger charge is 2.22. The largest absolute Gasteiger partial charge is 0.480 e. The molecule has 0 saturated heterocycles. The second-order valence-electron chi connectivity index (χ2n) is 2.97. The number of carboxylic acid groups (broad SMARTS) is 1. The Morgan fingerprint density at radius 1 is 1.67 bits per heavy atom. The molecule has 1 rings (SSSR count). The van der Waals surface area contributed by atoms with Gasteiger partial charge >= 0.3 is 5.97 Å². The number of aliphatic carboxylic acids is 1. The van der Waals surface area contributed by atoms with Gasteiger partial charge in [0, 0.05) is 15.7 Å². The van der Waals surface area contributed by atoms with Crippen molar-refractivity contribution < 1.29 is 14.1 Å². The van der Waals surface area contributed by atoms with E-state index in [9.17, 15) is 9.00 Å². The van der Waals surface area contributed by atoms with Crippen molar-refractivity contribution in [3.63, 3.8) is 0 Å². The minimum absolute atomic E-state index is 0.266. The average molecular weight is 267 g/mol. The molecule has 1 aromatic rings. The molecule has 1 aromatic heterocycles. The van der Waals surface area contributed by atoms with Crippen molar-refractivity contribution in [2.45, 2.75) is 24.3 Å². The fourth-order valence-corrected chi connectivity index (χ4v) is 3.78. The average Bonchev–Trinajstić information content (AvgIpc) is 2.51. The number of hydrogen-bond acceptors (Lipinski definition) is 3. The molecule has 0 fully saturated rings. The number of rotatable bonds is 5. The number of carbonyl (C=O) groups is 1. The summed E-state index contributed by atoms with van der Waals surface area (Å²) in [7, 11) is -1.37. The topological polar surface area (TPSA) is 54.4 Å². The van der Waals surface area contributed by atoms with E-state index in [1.807, 2.05) is 0 Å². The summed E-state index contributed by atoms with van der Waals surface area (Å²) in [5.74, 6) is -0.735. The number of hydrogen-bond donors (Lipinski definition) is 1. The Morgan fingerprint density at radius 2 is 2.33 bits per heavy atom. The van der Waals surface area contributed by atoms with Crippen LogP contribution in [-0.4, -0.2) is 20.5 Å². The van der Waals surface area contributed by atoms with Crippen LogP contribution in [0.2, 0.25) is 4.34 Å². The molecule has 6 heteroatoms. The molecular formula is C9H11ClO3S2. The molecule has 84 valence electrons. The summed E-state index contributed by atoms with van der Waals surface area (Å²) < 4.78 is 12.3. The maximum atomic E-state index is 11.7. The van der Waals surface area contributed by atoms with Crippen LogP contribution >= 0.6 is 22.9 Å². The zero-order valence-electron chi connectivity index (χ0n) is 8.10.